The first-order chi connectivity index (χ1) is 47.5. The molecule has 446 valence electrons. The van der Waals surface area contributed by atoms with Crippen LogP contribution in [0.2, 0.25) is 0 Å². The molecule has 0 unspecified atom stereocenters. The molecule has 0 aliphatic carbocycles. The molecule has 0 fully saturated rings. The molecular formula is C86H52N10. The minimum Gasteiger partial charge on any atom is -0.255 e. The maximum atomic E-state index is 5.23. The van der Waals surface area contributed by atoms with E-state index in [4.69, 9.17) is 24.9 Å². The summed E-state index contributed by atoms with van der Waals surface area (Å²) in [6.07, 6.45) is 9.08. The summed E-state index contributed by atoms with van der Waals surface area (Å²) in [5, 5.41) is 11.0. The van der Waals surface area contributed by atoms with E-state index in [1.54, 1.807) is 12.4 Å². The fourth-order valence-electron chi connectivity index (χ4n) is 13.3. The zero-order chi connectivity index (χ0) is 63.5. The Kier molecular flexibility index (Phi) is 13.6. The Balaban J connectivity index is 0.000000141. The molecular weight excluding hydrogens is 1170 g/mol. The smallest absolute Gasteiger partial charge is 0.0972 e. The highest BCUT2D eigenvalue weighted by molar-refractivity contribution is 6.11. The fraction of sp³-hybridized carbons (Fsp3) is 0. The SMILES string of the molecule is c1ccc(-c2ccc3ccc(-c4ccc5ccc(-c6ccc(-c7cc8cccnc8c8ncccc78)cc6)nc5c4)cc3n2)nc1.c1ccc(-c2ccc3ccc(-c4ccc5ccc(-c6ccc(-c7ccc8ccc9cccnc9c8n7)c7ccccc67)nc5c4)cc3n2)nc1. The van der Waals surface area contributed by atoms with Crippen LogP contribution in [0.5, 0.6) is 0 Å². The lowest BCUT2D eigenvalue weighted by Gasteiger charge is -2.13. The van der Waals surface area contributed by atoms with Crippen molar-refractivity contribution in [3.05, 3.63) is 316 Å². The number of aromatic nitrogens is 10. The molecule has 10 heterocycles. The Bertz CT molecular complexity index is 6280. The maximum Gasteiger partial charge on any atom is 0.0972 e. The van der Waals surface area contributed by atoms with E-state index in [1.807, 2.05) is 85.3 Å². The summed E-state index contributed by atoms with van der Waals surface area (Å²) in [6, 6.07) is 98.8. The van der Waals surface area contributed by atoms with Crippen molar-refractivity contribution in [2.75, 3.05) is 0 Å². The van der Waals surface area contributed by atoms with Gasteiger partial charge in [-0.3, -0.25) is 24.9 Å². The summed E-state index contributed by atoms with van der Waals surface area (Å²) >= 11 is 0. The van der Waals surface area contributed by atoms with Crippen molar-refractivity contribution >= 4 is 98.0 Å². The van der Waals surface area contributed by atoms with Crippen LogP contribution in [0.25, 0.3) is 188 Å². The highest BCUT2D eigenvalue weighted by Gasteiger charge is 2.17. The molecule has 0 saturated carbocycles. The zero-order valence-electron chi connectivity index (χ0n) is 51.5. The molecule has 0 saturated heterocycles. The molecule has 0 aliphatic heterocycles. The maximum absolute atomic E-state index is 5.23. The van der Waals surface area contributed by atoms with E-state index < -0.39 is 0 Å². The fourth-order valence-corrected chi connectivity index (χ4v) is 13.3. The van der Waals surface area contributed by atoms with E-state index in [2.05, 4.69) is 243 Å². The average molecular weight is 1230 g/mol. The van der Waals surface area contributed by atoms with Gasteiger partial charge in [0.25, 0.3) is 0 Å². The van der Waals surface area contributed by atoms with Gasteiger partial charge in [-0.15, -0.1) is 0 Å². The molecule has 96 heavy (non-hydrogen) atoms. The largest absolute Gasteiger partial charge is 0.255 e. The van der Waals surface area contributed by atoms with Crippen molar-refractivity contribution < 1.29 is 0 Å². The zero-order valence-corrected chi connectivity index (χ0v) is 51.5. The van der Waals surface area contributed by atoms with Crippen LogP contribution >= 0.6 is 0 Å². The normalized spacial score (nSPS) is 11.5. The van der Waals surface area contributed by atoms with Gasteiger partial charge in [0.15, 0.2) is 0 Å². The third-order valence-electron chi connectivity index (χ3n) is 18.2. The third kappa shape index (κ3) is 10.3. The molecule has 0 bridgehead atoms. The molecule has 19 rings (SSSR count). The second-order valence-corrected chi connectivity index (χ2v) is 23.9. The van der Waals surface area contributed by atoms with Crippen LogP contribution in [0.15, 0.2) is 316 Å². The van der Waals surface area contributed by atoms with E-state index in [-0.39, 0.29) is 0 Å². The van der Waals surface area contributed by atoms with Crippen molar-refractivity contribution in [2.24, 2.45) is 0 Å². The minimum atomic E-state index is 0.861. The third-order valence-corrected chi connectivity index (χ3v) is 18.2. The molecule has 10 aromatic heterocycles. The molecule has 0 amide bonds. The number of hydrogen-bond donors (Lipinski definition) is 0. The first-order valence-corrected chi connectivity index (χ1v) is 31.9. The lowest BCUT2D eigenvalue weighted by Crippen LogP contribution is -1.92. The lowest BCUT2D eigenvalue weighted by atomic mass is 9.95. The Morgan fingerprint density at radius 2 is 0.531 bits per heavy atom. The van der Waals surface area contributed by atoms with Gasteiger partial charge in [0.1, 0.15) is 0 Å². The summed E-state index contributed by atoms with van der Waals surface area (Å²) in [7, 11) is 0. The van der Waals surface area contributed by atoms with Crippen LogP contribution < -0.4 is 0 Å². The van der Waals surface area contributed by atoms with Crippen LogP contribution in [0, 0.1) is 0 Å². The van der Waals surface area contributed by atoms with Gasteiger partial charge < -0.3 is 0 Å². The van der Waals surface area contributed by atoms with Gasteiger partial charge >= 0.3 is 0 Å². The van der Waals surface area contributed by atoms with Crippen molar-refractivity contribution in [1.29, 1.82) is 0 Å². The number of rotatable bonds is 8. The predicted octanol–water partition coefficient (Wildman–Crippen LogP) is 21.0. The molecule has 0 spiro atoms. The van der Waals surface area contributed by atoms with Gasteiger partial charge in [0, 0.05) is 90.8 Å². The van der Waals surface area contributed by atoms with Gasteiger partial charge in [0.05, 0.1) is 84.0 Å². The van der Waals surface area contributed by atoms with Crippen LogP contribution in [-0.4, -0.2) is 49.8 Å². The van der Waals surface area contributed by atoms with Gasteiger partial charge in [-0.05, 0) is 147 Å². The van der Waals surface area contributed by atoms with Crippen molar-refractivity contribution in [2.45, 2.75) is 0 Å². The molecule has 0 atom stereocenters. The van der Waals surface area contributed by atoms with E-state index in [0.717, 1.165) is 188 Å². The summed E-state index contributed by atoms with van der Waals surface area (Å²) in [4.78, 5) is 48.2. The number of fused-ring (bicyclic) bond motifs is 11. The average Bonchev–Trinajstić information content (AvgIpc) is 0.783. The molecule has 10 heteroatoms. The lowest BCUT2D eigenvalue weighted by molar-refractivity contribution is 1.28. The van der Waals surface area contributed by atoms with E-state index in [0.29, 0.717) is 0 Å². The molecule has 0 radical (unpaired) electrons. The molecule has 10 nitrogen and oxygen atoms in total. The van der Waals surface area contributed by atoms with E-state index in [1.165, 1.54) is 0 Å². The molecule has 0 N–H and O–H groups in total. The topological polar surface area (TPSA) is 129 Å². The number of hydrogen-bond acceptors (Lipinski definition) is 10. The quantitative estimate of drug-likeness (QED) is 0.136. The highest BCUT2D eigenvalue weighted by Crippen LogP contribution is 2.39. The first-order valence-electron chi connectivity index (χ1n) is 31.9. The van der Waals surface area contributed by atoms with Crippen molar-refractivity contribution in [1.82, 2.24) is 49.8 Å². The Morgan fingerprint density at radius 3 is 1.06 bits per heavy atom. The highest BCUT2D eigenvalue weighted by atomic mass is 14.8. The minimum absolute atomic E-state index is 0.861. The van der Waals surface area contributed by atoms with Gasteiger partial charge in [-0.2, -0.15) is 0 Å². The number of benzene rings is 9. The molecule has 19 aromatic rings. The summed E-state index contributed by atoms with van der Waals surface area (Å²) < 4.78 is 0. The van der Waals surface area contributed by atoms with Crippen LogP contribution in [0.3, 0.4) is 0 Å². The van der Waals surface area contributed by atoms with Crippen LogP contribution in [0.4, 0.5) is 0 Å². The van der Waals surface area contributed by atoms with Gasteiger partial charge in [-0.1, -0.05) is 182 Å². The monoisotopic (exact) mass is 1220 g/mol. The van der Waals surface area contributed by atoms with Crippen molar-refractivity contribution in [3.8, 4) is 89.9 Å². The van der Waals surface area contributed by atoms with Gasteiger partial charge in [-0.25, -0.2) is 24.9 Å². The van der Waals surface area contributed by atoms with E-state index >= 15 is 0 Å². The molecule has 0 aliphatic rings. The standard InChI is InChI=1S/C45H27N5.C41H25N5/c1-2-8-35-34(7-1)36(19-20-37(35)39-22-18-31-13-12-30-6-5-25-47-44(30)45(31)50-39)38-21-16-28-10-14-32(26-42(28)48-38)33-15-11-29-17-23-41(49-43(29)27-33)40-9-3-4-24-46-40;1-2-20-42-36(7-1)37-19-17-29-13-15-31(25-39(29)46-37)30-14-12-28-16-18-35(45-38(28)24-30)27-10-8-26(9-11-27)34-23-32-5-3-21-43-40(32)41-33(34)6-4-22-44-41/h1-27H;1-25H. The number of nitrogens with zero attached hydrogens (tertiary/aromatic N) is 10. The number of pyridine rings is 10. The van der Waals surface area contributed by atoms with Crippen molar-refractivity contribution in [3.63, 3.8) is 0 Å². The Labute approximate surface area is 550 Å². The summed E-state index contributed by atoms with van der Waals surface area (Å²) in [5.41, 5.74) is 23.6. The van der Waals surface area contributed by atoms with Crippen LogP contribution in [-0.2, 0) is 0 Å². The predicted molar refractivity (Wildman–Crippen MR) is 392 cm³/mol. The first kappa shape index (κ1) is 55.6. The van der Waals surface area contributed by atoms with Crippen LogP contribution in [0.1, 0.15) is 0 Å². The Hall–Kier alpha value is -13.2. The van der Waals surface area contributed by atoms with E-state index in [9.17, 15) is 0 Å². The second-order valence-electron chi connectivity index (χ2n) is 23.9. The second kappa shape index (κ2) is 23.5. The summed E-state index contributed by atoms with van der Waals surface area (Å²) in [5.74, 6) is 0. The Morgan fingerprint density at radius 1 is 0.167 bits per heavy atom. The summed E-state index contributed by atoms with van der Waals surface area (Å²) in [6.45, 7) is 0. The van der Waals surface area contributed by atoms with Gasteiger partial charge in [0.2, 0.25) is 0 Å². The molecule has 9 aromatic carbocycles.